The summed E-state index contributed by atoms with van der Waals surface area (Å²) in [6.45, 7) is 0.523. The van der Waals surface area contributed by atoms with E-state index >= 15 is 0 Å². The van der Waals surface area contributed by atoms with Gasteiger partial charge in [0.15, 0.2) is 0 Å². The first-order chi connectivity index (χ1) is 8.72. The molecule has 0 aliphatic carbocycles. The Morgan fingerprint density at radius 2 is 2.28 bits per heavy atom. The average molecular weight is 246 g/mol. The lowest BCUT2D eigenvalue weighted by Crippen LogP contribution is -2.10. The maximum absolute atomic E-state index is 11.6. The quantitative estimate of drug-likeness (QED) is 0.639. The molecule has 2 aromatic rings. The van der Waals surface area contributed by atoms with Gasteiger partial charge in [-0.05, 0) is 18.2 Å². The third-order valence-electron chi connectivity index (χ3n) is 2.55. The Morgan fingerprint density at radius 1 is 1.44 bits per heavy atom. The number of ether oxygens (including phenoxy) is 1. The summed E-state index contributed by atoms with van der Waals surface area (Å²) in [7, 11) is 1.34. The number of benzene rings is 1. The highest BCUT2D eigenvalue weighted by molar-refractivity contribution is 5.98. The Bertz CT molecular complexity index is 535. The van der Waals surface area contributed by atoms with Gasteiger partial charge < -0.3 is 20.2 Å². The SMILES string of the molecule is COC(=O)c1cccc(N)c1NCc1ccoc1. The number of furan rings is 1. The molecular weight excluding hydrogens is 232 g/mol. The minimum absolute atomic E-state index is 0.418. The Hall–Kier alpha value is -2.43. The number of para-hydroxylation sites is 1. The van der Waals surface area contributed by atoms with Crippen LogP contribution in [0.25, 0.3) is 0 Å². The molecule has 5 nitrogen and oxygen atoms in total. The van der Waals surface area contributed by atoms with E-state index in [1.54, 1.807) is 30.7 Å². The number of anilines is 2. The summed E-state index contributed by atoms with van der Waals surface area (Å²) in [5.74, 6) is -0.419. The summed E-state index contributed by atoms with van der Waals surface area (Å²) >= 11 is 0. The van der Waals surface area contributed by atoms with Crippen LogP contribution in [0.2, 0.25) is 0 Å². The molecule has 0 unspecified atom stereocenters. The van der Waals surface area contributed by atoms with Crippen LogP contribution in [-0.2, 0) is 11.3 Å². The predicted octanol–water partition coefficient (Wildman–Crippen LogP) is 2.26. The van der Waals surface area contributed by atoms with Gasteiger partial charge in [-0.25, -0.2) is 4.79 Å². The van der Waals surface area contributed by atoms with E-state index < -0.39 is 5.97 Å². The van der Waals surface area contributed by atoms with Crippen molar-refractivity contribution in [1.82, 2.24) is 0 Å². The molecule has 3 N–H and O–H groups in total. The Labute approximate surface area is 105 Å². The van der Waals surface area contributed by atoms with Crippen molar-refractivity contribution in [2.24, 2.45) is 0 Å². The number of rotatable bonds is 4. The van der Waals surface area contributed by atoms with Gasteiger partial charge in [-0.1, -0.05) is 6.07 Å². The number of hydrogen-bond acceptors (Lipinski definition) is 5. The van der Waals surface area contributed by atoms with E-state index in [1.807, 2.05) is 6.07 Å². The second-order valence-electron chi connectivity index (χ2n) is 3.75. The van der Waals surface area contributed by atoms with Gasteiger partial charge in [0.25, 0.3) is 0 Å². The minimum atomic E-state index is -0.419. The Morgan fingerprint density at radius 3 is 2.94 bits per heavy atom. The monoisotopic (exact) mass is 246 g/mol. The topological polar surface area (TPSA) is 77.5 Å². The number of carbonyl (C=O) groups excluding carboxylic acids is 1. The van der Waals surface area contributed by atoms with E-state index in [1.165, 1.54) is 7.11 Å². The van der Waals surface area contributed by atoms with Crippen LogP contribution in [0.5, 0.6) is 0 Å². The van der Waals surface area contributed by atoms with Crippen molar-refractivity contribution in [1.29, 1.82) is 0 Å². The summed E-state index contributed by atoms with van der Waals surface area (Å²) in [4.78, 5) is 11.6. The Kier molecular flexibility index (Phi) is 3.52. The number of esters is 1. The van der Waals surface area contributed by atoms with E-state index in [0.717, 1.165) is 5.56 Å². The normalized spacial score (nSPS) is 10.1. The molecular formula is C13H14N2O3. The van der Waals surface area contributed by atoms with E-state index in [0.29, 0.717) is 23.5 Å². The van der Waals surface area contributed by atoms with Gasteiger partial charge in [-0.2, -0.15) is 0 Å². The van der Waals surface area contributed by atoms with Crippen molar-refractivity contribution < 1.29 is 13.9 Å². The second-order valence-corrected chi connectivity index (χ2v) is 3.75. The lowest BCUT2D eigenvalue weighted by Gasteiger charge is -2.12. The third-order valence-corrected chi connectivity index (χ3v) is 2.55. The molecule has 94 valence electrons. The largest absolute Gasteiger partial charge is 0.472 e. The maximum Gasteiger partial charge on any atom is 0.340 e. The van der Waals surface area contributed by atoms with E-state index in [2.05, 4.69) is 5.32 Å². The van der Waals surface area contributed by atoms with E-state index in [4.69, 9.17) is 14.9 Å². The van der Waals surface area contributed by atoms with Gasteiger partial charge in [0.1, 0.15) is 0 Å². The van der Waals surface area contributed by atoms with Crippen molar-refractivity contribution in [3.8, 4) is 0 Å². The highest BCUT2D eigenvalue weighted by atomic mass is 16.5. The summed E-state index contributed by atoms with van der Waals surface area (Å²) in [6, 6.07) is 6.94. The summed E-state index contributed by atoms with van der Waals surface area (Å²) < 4.78 is 9.69. The van der Waals surface area contributed by atoms with Crippen LogP contribution in [-0.4, -0.2) is 13.1 Å². The fourth-order valence-corrected chi connectivity index (χ4v) is 1.63. The van der Waals surface area contributed by atoms with Crippen LogP contribution in [0, 0.1) is 0 Å². The minimum Gasteiger partial charge on any atom is -0.472 e. The lowest BCUT2D eigenvalue weighted by atomic mass is 10.1. The summed E-state index contributed by atoms with van der Waals surface area (Å²) in [5.41, 5.74) is 8.32. The van der Waals surface area contributed by atoms with E-state index in [-0.39, 0.29) is 0 Å². The van der Waals surface area contributed by atoms with Crippen molar-refractivity contribution >= 4 is 17.3 Å². The fourth-order valence-electron chi connectivity index (χ4n) is 1.63. The zero-order valence-electron chi connectivity index (χ0n) is 9.97. The first-order valence-electron chi connectivity index (χ1n) is 5.44. The van der Waals surface area contributed by atoms with Gasteiger partial charge in [0, 0.05) is 12.1 Å². The molecule has 0 aliphatic rings. The van der Waals surface area contributed by atoms with Gasteiger partial charge in [-0.15, -0.1) is 0 Å². The average Bonchev–Trinajstić information content (AvgIpc) is 2.89. The fraction of sp³-hybridized carbons (Fsp3) is 0.154. The number of carbonyl (C=O) groups is 1. The molecule has 0 radical (unpaired) electrons. The second kappa shape index (κ2) is 5.27. The van der Waals surface area contributed by atoms with Crippen LogP contribution >= 0.6 is 0 Å². The smallest absolute Gasteiger partial charge is 0.340 e. The molecule has 2 rings (SSSR count). The molecule has 5 heteroatoms. The van der Waals surface area contributed by atoms with Crippen LogP contribution < -0.4 is 11.1 Å². The van der Waals surface area contributed by atoms with Gasteiger partial charge in [-0.3, -0.25) is 0 Å². The van der Waals surface area contributed by atoms with Crippen LogP contribution in [0.15, 0.2) is 41.2 Å². The van der Waals surface area contributed by atoms with Crippen LogP contribution in [0.1, 0.15) is 15.9 Å². The third kappa shape index (κ3) is 2.45. The molecule has 1 heterocycles. The number of methoxy groups -OCH3 is 1. The van der Waals surface area contributed by atoms with E-state index in [9.17, 15) is 4.79 Å². The van der Waals surface area contributed by atoms with Gasteiger partial charge >= 0.3 is 5.97 Å². The first kappa shape index (κ1) is 12.0. The zero-order valence-corrected chi connectivity index (χ0v) is 9.97. The lowest BCUT2D eigenvalue weighted by molar-refractivity contribution is 0.0602. The maximum atomic E-state index is 11.6. The molecule has 18 heavy (non-hydrogen) atoms. The summed E-state index contributed by atoms with van der Waals surface area (Å²) in [6.07, 6.45) is 3.22. The van der Waals surface area contributed by atoms with Crippen molar-refractivity contribution in [3.05, 3.63) is 47.9 Å². The predicted molar refractivity (Wildman–Crippen MR) is 68.2 cm³/mol. The van der Waals surface area contributed by atoms with Gasteiger partial charge in [0.2, 0.25) is 0 Å². The van der Waals surface area contributed by atoms with Crippen LogP contribution in [0.4, 0.5) is 11.4 Å². The molecule has 0 amide bonds. The standard InChI is InChI=1S/C13H14N2O3/c1-17-13(16)10-3-2-4-11(14)12(10)15-7-9-5-6-18-8-9/h2-6,8,15H,7,14H2,1H3. The molecule has 0 saturated carbocycles. The number of nitrogen functional groups attached to an aromatic ring is 1. The van der Waals surface area contributed by atoms with Gasteiger partial charge in [0.05, 0.1) is 36.6 Å². The molecule has 0 spiro atoms. The molecule has 1 aromatic heterocycles. The highest BCUT2D eigenvalue weighted by Crippen LogP contribution is 2.24. The highest BCUT2D eigenvalue weighted by Gasteiger charge is 2.13. The summed E-state index contributed by atoms with van der Waals surface area (Å²) in [5, 5.41) is 3.11. The zero-order chi connectivity index (χ0) is 13.0. The van der Waals surface area contributed by atoms with Crippen LogP contribution in [0.3, 0.4) is 0 Å². The number of hydrogen-bond donors (Lipinski definition) is 2. The molecule has 0 fully saturated rings. The number of nitrogens with two attached hydrogens (primary N) is 1. The molecule has 0 bridgehead atoms. The Balaban J connectivity index is 2.22. The molecule has 0 atom stereocenters. The number of nitrogens with one attached hydrogen (secondary N) is 1. The molecule has 1 aromatic carbocycles. The van der Waals surface area contributed by atoms with Crippen molar-refractivity contribution in [3.63, 3.8) is 0 Å². The first-order valence-corrected chi connectivity index (χ1v) is 5.44. The van der Waals surface area contributed by atoms with Crippen molar-refractivity contribution in [2.45, 2.75) is 6.54 Å². The molecule has 0 aliphatic heterocycles. The molecule has 0 saturated heterocycles. The van der Waals surface area contributed by atoms with Crippen molar-refractivity contribution in [2.75, 3.05) is 18.2 Å².